The van der Waals surface area contributed by atoms with E-state index < -0.39 is 0 Å². The quantitative estimate of drug-likeness (QED) is 0.825. The molecule has 1 fully saturated rings. The first kappa shape index (κ1) is 16.0. The fraction of sp³-hybridized carbons (Fsp3) is 0.444. The Morgan fingerprint density at radius 2 is 2.17 bits per heavy atom. The maximum Gasteiger partial charge on any atom is 0.266 e. The Labute approximate surface area is 141 Å². The van der Waals surface area contributed by atoms with Crippen molar-refractivity contribution in [1.29, 1.82) is 0 Å². The number of carbonyl (C=O) groups excluding carboxylic acids is 1. The number of aromatic nitrogens is 1. The van der Waals surface area contributed by atoms with Crippen LogP contribution in [0.1, 0.15) is 37.7 Å². The van der Waals surface area contributed by atoms with Gasteiger partial charge in [-0.1, -0.05) is 31.4 Å². The average molecular weight is 330 g/mol. The van der Waals surface area contributed by atoms with E-state index in [1.54, 1.807) is 6.20 Å². The van der Waals surface area contributed by atoms with E-state index in [4.69, 9.17) is 4.74 Å². The van der Waals surface area contributed by atoms with E-state index in [1.807, 2.05) is 41.5 Å². The number of anilines is 1. The molecule has 0 atom stereocenters. The largest absolute Gasteiger partial charge is 0.484 e. The summed E-state index contributed by atoms with van der Waals surface area (Å²) in [5.41, 5.74) is 1.12. The predicted molar refractivity (Wildman–Crippen MR) is 93.1 cm³/mol. The normalized spacial score (nSPS) is 15.3. The van der Waals surface area contributed by atoms with Gasteiger partial charge in [-0.05, 0) is 37.5 Å². The maximum atomic E-state index is 12.8. The van der Waals surface area contributed by atoms with Gasteiger partial charge >= 0.3 is 0 Å². The highest BCUT2D eigenvalue weighted by Crippen LogP contribution is 2.29. The van der Waals surface area contributed by atoms with Crippen molar-refractivity contribution in [3.8, 4) is 5.75 Å². The van der Waals surface area contributed by atoms with Gasteiger partial charge in [0, 0.05) is 17.6 Å². The molecule has 1 aliphatic rings. The Morgan fingerprint density at radius 1 is 1.35 bits per heavy atom. The SMILES string of the molecule is Cc1cccc(OCC(=O)N(c2nccs2)C2CCCCC2)c1. The van der Waals surface area contributed by atoms with E-state index in [1.165, 1.54) is 30.6 Å². The van der Waals surface area contributed by atoms with Crippen LogP contribution in [0.25, 0.3) is 0 Å². The molecule has 2 aromatic rings. The summed E-state index contributed by atoms with van der Waals surface area (Å²) in [6.45, 7) is 2.07. The third-order valence-electron chi connectivity index (χ3n) is 4.19. The fourth-order valence-corrected chi connectivity index (χ4v) is 3.79. The number of ether oxygens (including phenoxy) is 1. The average Bonchev–Trinajstić information content (AvgIpc) is 3.08. The lowest BCUT2D eigenvalue weighted by Crippen LogP contribution is -2.44. The summed E-state index contributed by atoms with van der Waals surface area (Å²) in [6.07, 6.45) is 7.48. The summed E-state index contributed by atoms with van der Waals surface area (Å²) in [7, 11) is 0. The van der Waals surface area contributed by atoms with Crippen LogP contribution in [-0.2, 0) is 4.79 Å². The van der Waals surface area contributed by atoms with E-state index in [0.29, 0.717) is 0 Å². The van der Waals surface area contributed by atoms with Gasteiger partial charge in [0.1, 0.15) is 5.75 Å². The topological polar surface area (TPSA) is 42.4 Å². The highest BCUT2D eigenvalue weighted by Gasteiger charge is 2.28. The molecule has 1 heterocycles. The molecular weight excluding hydrogens is 308 g/mol. The molecule has 1 saturated carbocycles. The van der Waals surface area contributed by atoms with Gasteiger partial charge in [0.05, 0.1) is 0 Å². The van der Waals surface area contributed by atoms with Crippen LogP contribution >= 0.6 is 11.3 Å². The van der Waals surface area contributed by atoms with Crippen LogP contribution in [0.2, 0.25) is 0 Å². The zero-order valence-corrected chi connectivity index (χ0v) is 14.2. The number of nitrogens with zero attached hydrogens (tertiary/aromatic N) is 2. The minimum Gasteiger partial charge on any atom is -0.484 e. The molecule has 1 aliphatic carbocycles. The molecule has 0 N–H and O–H groups in total. The van der Waals surface area contributed by atoms with Gasteiger partial charge < -0.3 is 4.74 Å². The van der Waals surface area contributed by atoms with Gasteiger partial charge in [-0.2, -0.15) is 0 Å². The van der Waals surface area contributed by atoms with Crippen molar-refractivity contribution in [3.63, 3.8) is 0 Å². The molecule has 3 rings (SSSR count). The Morgan fingerprint density at radius 3 is 2.87 bits per heavy atom. The number of rotatable bonds is 5. The van der Waals surface area contributed by atoms with Crippen LogP contribution in [0.15, 0.2) is 35.8 Å². The Kier molecular flexibility index (Phi) is 5.28. The van der Waals surface area contributed by atoms with Gasteiger partial charge in [0.15, 0.2) is 11.7 Å². The van der Waals surface area contributed by atoms with E-state index in [0.717, 1.165) is 29.3 Å². The molecule has 1 amide bonds. The minimum atomic E-state index is -0.00615. The summed E-state index contributed by atoms with van der Waals surface area (Å²) < 4.78 is 5.70. The first-order chi connectivity index (χ1) is 11.2. The van der Waals surface area contributed by atoms with Crippen LogP contribution in [-0.4, -0.2) is 23.5 Å². The number of carbonyl (C=O) groups is 1. The highest BCUT2D eigenvalue weighted by molar-refractivity contribution is 7.13. The Hall–Kier alpha value is -1.88. The zero-order chi connectivity index (χ0) is 16.1. The van der Waals surface area contributed by atoms with Crippen LogP contribution < -0.4 is 9.64 Å². The number of hydrogen-bond acceptors (Lipinski definition) is 4. The van der Waals surface area contributed by atoms with Crippen LogP contribution in [0.4, 0.5) is 5.13 Å². The van der Waals surface area contributed by atoms with Crippen molar-refractivity contribution in [2.45, 2.75) is 45.1 Å². The van der Waals surface area contributed by atoms with E-state index in [-0.39, 0.29) is 18.6 Å². The number of hydrogen-bond donors (Lipinski definition) is 0. The second-order valence-corrected chi connectivity index (χ2v) is 6.85. The smallest absolute Gasteiger partial charge is 0.266 e. The summed E-state index contributed by atoms with van der Waals surface area (Å²) >= 11 is 1.52. The predicted octanol–water partition coefficient (Wildman–Crippen LogP) is 4.20. The molecule has 0 unspecified atom stereocenters. The molecule has 4 nitrogen and oxygen atoms in total. The van der Waals surface area contributed by atoms with Crippen molar-refractivity contribution < 1.29 is 9.53 Å². The second kappa shape index (κ2) is 7.59. The van der Waals surface area contributed by atoms with E-state index >= 15 is 0 Å². The monoisotopic (exact) mass is 330 g/mol. The number of amides is 1. The van der Waals surface area contributed by atoms with Crippen LogP contribution in [0.5, 0.6) is 5.75 Å². The lowest BCUT2D eigenvalue weighted by molar-refractivity contribution is -0.121. The Balaban J connectivity index is 1.70. The van der Waals surface area contributed by atoms with Crippen LogP contribution in [0, 0.1) is 6.92 Å². The summed E-state index contributed by atoms with van der Waals surface area (Å²) in [4.78, 5) is 19.0. The van der Waals surface area contributed by atoms with Crippen molar-refractivity contribution in [2.24, 2.45) is 0 Å². The zero-order valence-electron chi connectivity index (χ0n) is 13.4. The standard InChI is InChI=1S/C18H22N2O2S/c1-14-6-5-9-16(12-14)22-13-17(21)20(18-19-10-11-23-18)15-7-3-2-4-8-15/h5-6,9-12,15H,2-4,7-8,13H2,1H3. The molecule has 23 heavy (non-hydrogen) atoms. The van der Waals surface area contributed by atoms with Gasteiger partial charge in [0.2, 0.25) is 0 Å². The van der Waals surface area contributed by atoms with Gasteiger partial charge in [-0.25, -0.2) is 4.98 Å². The second-order valence-electron chi connectivity index (χ2n) is 5.98. The lowest BCUT2D eigenvalue weighted by atomic mass is 9.94. The fourth-order valence-electron chi connectivity index (χ4n) is 3.06. The molecule has 1 aromatic carbocycles. The molecule has 0 radical (unpaired) electrons. The molecule has 5 heteroatoms. The number of benzene rings is 1. The lowest BCUT2D eigenvalue weighted by Gasteiger charge is -2.32. The minimum absolute atomic E-state index is 0.00615. The molecule has 1 aromatic heterocycles. The number of thiazole rings is 1. The molecule has 0 bridgehead atoms. The summed E-state index contributed by atoms with van der Waals surface area (Å²) in [6, 6.07) is 8.03. The van der Waals surface area contributed by atoms with Crippen molar-refractivity contribution >= 4 is 22.4 Å². The maximum absolute atomic E-state index is 12.8. The number of aryl methyl sites for hydroxylation is 1. The Bertz CT molecular complexity index is 636. The molecule has 0 saturated heterocycles. The molecule has 0 spiro atoms. The van der Waals surface area contributed by atoms with Crippen molar-refractivity contribution in [1.82, 2.24) is 4.98 Å². The van der Waals surface area contributed by atoms with E-state index in [9.17, 15) is 4.79 Å². The van der Waals surface area contributed by atoms with Crippen molar-refractivity contribution in [2.75, 3.05) is 11.5 Å². The first-order valence-electron chi connectivity index (χ1n) is 8.15. The summed E-state index contributed by atoms with van der Waals surface area (Å²) in [5, 5.41) is 2.70. The molecular formula is C18H22N2O2S. The molecule has 122 valence electrons. The third kappa shape index (κ3) is 4.10. The highest BCUT2D eigenvalue weighted by atomic mass is 32.1. The van der Waals surface area contributed by atoms with Crippen LogP contribution in [0.3, 0.4) is 0 Å². The third-order valence-corrected chi connectivity index (χ3v) is 4.96. The molecule has 0 aliphatic heterocycles. The summed E-state index contributed by atoms with van der Waals surface area (Å²) in [5.74, 6) is 0.731. The first-order valence-corrected chi connectivity index (χ1v) is 9.03. The van der Waals surface area contributed by atoms with Crippen molar-refractivity contribution in [3.05, 3.63) is 41.4 Å². The van der Waals surface area contributed by atoms with Gasteiger partial charge in [-0.3, -0.25) is 9.69 Å². The van der Waals surface area contributed by atoms with E-state index in [2.05, 4.69) is 4.98 Å². The van der Waals surface area contributed by atoms with Gasteiger partial charge in [-0.15, -0.1) is 11.3 Å². The van der Waals surface area contributed by atoms with Gasteiger partial charge in [0.25, 0.3) is 5.91 Å².